The van der Waals surface area contributed by atoms with Crippen LogP contribution in [0.25, 0.3) is 0 Å². The molecule has 76 valence electrons. The number of aliphatic carboxylic acids is 1. The lowest BCUT2D eigenvalue weighted by molar-refractivity contribution is -0.137. The summed E-state index contributed by atoms with van der Waals surface area (Å²) in [5, 5.41) is 8.46. The average molecular weight is 195 g/mol. The summed E-state index contributed by atoms with van der Waals surface area (Å²) in [7, 11) is 0. The van der Waals surface area contributed by atoms with Crippen LogP contribution in [0.4, 0.5) is 5.82 Å². The molecular formula is C9H13N3O2. The SMILES string of the molecule is Nc1cccc([C@@H](N)CCC(=O)O)n1. The van der Waals surface area contributed by atoms with Gasteiger partial charge in [-0.15, -0.1) is 0 Å². The zero-order valence-corrected chi connectivity index (χ0v) is 7.68. The Morgan fingerprint density at radius 2 is 2.29 bits per heavy atom. The van der Waals surface area contributed by atoms with Crippen LogP contribution in [-0.4, -0.2) is 16.1 Å². The number of rotatable bonds is 4. The molecule has 5 N–H and O–H groups in total. The number of hydrogen-bond donors (Lipinski definition) is 3. The number of pyridine rings is 1. The number of aromatic nitrogens is 1. The first-order valence-corrected chi connectivity index (χ1v) is 4.29. The van der Waals surface area contributed by atoms with E-state index in [1.54, 1.807) is 18.2 Å². The van der Waals surface area contributed by atoms with Gasteiger partial charge in [0.25, 0.3) is 0 Å². The van der Waals surface area contributed by atoms with E-state index >= 15 is 0 Å². The maximum Gasteiger partial charge on any atom is 0.303 e. The quantitative estimate of drug-likeness (QED) is 0.650. The molecule has 0 aromatic carbocycles. The van der Waals surface area contributed by atoms with Crippen LogP contribution in [0.3, 0.4) is 0 Å². The zero-order chi connectivity index (χ0) is 10.6. The first-order valence-electron chi connectivity index (χ1n) is 4.29. The van der Waals surface area contributed by atoms with Crippen LogP contribution in [0.1, 0.15) is 24.6 Å². The van der Waals surface area contributed by atoms with Crippen molar-refractivity contribution in [1.82, 2.24) is 4.98 Å². The molecule has 14 heavy (non-hydrogen) atoms. The van der Waals surface area contributed by atoms with E-state index < -0.39 is 5.97 Å². The third kappa shape index (κ3) is 3.02. The molecule has 0 radical (unpaired) electrons. The first-order chi connectivity index (χ1) is 6.59. The molecule has 0 aliphatic carbocycles. The minimum atomic E-state index is -0.857. The molecule has 1 aromatic heterocycles. The van der Waals surface area contributed by atoms with Crippen LogP contribution in [0.5, 0.6) is 0 Å². The largest absolute Gasteiger partial charge is 0.481 e. The Morgan fingerprint density at radius 1 is 1.57 bits per heavy atom. The highest BCUT2D eigenvalue weighted by molar-refractivity contribution is 5.66. The number of anilines is 1. The van der Waals surface area contributed by atoms with Gasteiger partial charge in [0.15, 0.2) is 0 Å². The number of carboxylic acids is 1. The smallest absolute Gasteiger partial charge is 0.303 e. The maximum absolute atomic E-state index is 10.3. The van der Waals surface area contributed by atoms with E-state index in [4.69, 9.17) is 16.6 Å². The van der Waals surface area contributed by atoms with E-state index in [-0.39, 0.29) is 12.5 Å². The zero-order valence-electron chi connectivity index (χ0n) is 7.68. The lowest BCUT2D eigenvalue weighted by Gasteiger charge is -2.09. The highest BCUT2D eigenvalue weighted by Gasteiger charge is 2.09. The normalized spacial score (nSPS) is 12.4. The lowest BCUT2D eigenvalue weighted by atomic mass is 10.1. The van der Waals surface area contributed by atoms with Crippen molar-refractivity contribution in [3.8, 4) is 0 Å². The van der Waals surface area contributed by atoms with E-state index in [0.717, 1.165) is 0 Å². The second-order valence-electron chi connectivity index (χ2n) is 3.03. The van der Waals surface area contributed by atoms with Crippen LogP contribution >= 0.6 is 0 Å². The predicted molar refractivity (Wildman–Crippen MR) is 52.4 cm³/mol. The topological polar surface area (TPSA) is 102 Å². The van der Waals surface area contributed by atoms with Crippen molar-refractivity contribution >= 4 is 11.8 Å². The highest BCUT2D eigenvalue weighted by atomic mass is 16.4. The lowest BCUT2D eigenvalue weighted by Crippen LogP contribution is -2.14. The van der Waals surface area contributed by atoms with Gasteiger partial charge in [0.1, 0.15) is 5.82 Å². The summed E-state index contributed by atoms with van der Waals surface area (Å²) in [6, 6.07) is 4.78. The van der Waals surface area contributed by atoms with Crippen molar-refractivity contribution in [2.45, 2.75) is 18.9 Å². The number of carbonyl (C=O) groups is 1. The van der Waals surface area contributed by atoms with Gasteiger partial charge in [-0.3, -0.25) is 4.79 Å². The fourth-order valence-electron chi connectivity index (χ4n) is 1.10. The maximum atomic E-state index is 10.3. The van der Waals surface area contributed by atoms with E-state index in [1.807, 2.05) is 0 Å². The van der Waals surface area contributed by atoms with Gasteiger partial charge in [-0.25, -0.2) is 4.98 Å². The van der Waals surface area contributed by atoms with Gasteiger partial charge in [-0.05, 0) is 18.6 Å². The molecule has 0 unspecified atom stereocenters. The van der Waals surface area contributed by atoms with Crippen molar-refractivity contribution < 1.29 is 9.90 Å². The van der Waals surface area contributed by atoms with Crippen LogP contribution in [0, 0.1) is 0 Å². The molecule has 0 aliphatic heterocycles. The van der Waals surface area contributed by atoms with Gasteiger partial charge in [0, 0.05) is 12.5 Å². The molecule has 0 spiro atoms. The number of nitrogens with zero attached hydrogens (tertiary/aromatic N) is 1. The fraction of sp³-hybridized carbons (Fsp3) is 0.333. The molecule has 0 saturated heterocycles. The molecule has 5 nitrogen and oxygen atoms in total. The molecule has 1 aromatic rings. The number of carboxylic acid groups (broad SMARTS) is 1. The molecule has 1 heterocycles. The van der Waals surface area contributed by atoms with E-state index in [1.165, 1.54) is 0 Å². The Labute approximate surface area is 81.7 Å². The van der Waals surface area contributed by atoms with Crippen molar-refractivity contribution in [3.05, 3.63) is 23.9 Å². The highest BCUT2D eigenvalue weighted by Crippen LogP contribution is 2.14. The number of nitrogen functional groups attached to an aromatic ring is 1. The van der Waals surface area contributed by atoms with E-state index in [2.05, 4.69) is 4.98 Å². The summed E-state index contributed by atoms with van der Waals surface area (Å²) in [6.07, 6.45) is 0.406. The molecule has 0 bridgehead atoms. The summed E-state index contributed by atoms with van der Waals surface area (Å²) in [4.78, 5) is 14.3. The summed E-state index contributed by atoms with van der Waals surface area (Å²) < 4.78 is 0. The third-order valence-corrected chi connectivity index (χ3v) is 1.84. The Hall–Kier alpha value is -1.62. The van der Waals surface area contributed by atoms with Gasteiger partial charge >= 0.3 is 5.97 Å². The summed E-state index contributed by atoms with van der Waals surface area (Å²) >= 11 is 0. The van der Waals surface area contributed by atoms with Crippen LogP contribution in [-0.2, 0) is 4.79 Å². The molecule has 0 amide bonds. The molecule has 1 rings (SSSR count). The van der Waals surface area contributed by atoms with Crippen molar-refractivity contribution in [2.24, 2.45) is 5.73 Å². The van der Waals surface area contributed by atoms with E-state index in [9.17, 15) is 4.79 Å². The Bertz CT molecular complexity index is 328. The molecule has 0 fully saturated rings. The standard InChI is InChI=1S/C9H13N3O2/c10-6(4-5-9(13)14)7-2-1-3-8(11)12-7/h1-3,6H,4-5,10H2,(H2,11,12)(H,13,14)/t6-/m0/s1. The van der Waals surface area contributed by atoms with Crippen LogP contribution < -0.4 is 11.5 Å². The monoisotopic (exact) mass is 195 g/mol. The average Bonchev–Trinajstić information content (AvgIpc) is 2.14. The first kappa shape index (κ1) is 10.5. The van der Waals surface area contributed by atoms with Gasteiger partial charge in [-0.1, -0.05) is 6.07 Å². The molecular weight excluding hydrogens is 182 g/mol. The minimum Gasteiger partial charge on any atom is -0.481 e. The fourth-order valence-corrected chi connectivity index (χ4v) is 1.10. The third-order valence-electron chi connectivity index (χ3n) is 1.84. The minimum absolute atomic E-state index is 0.0393. The second-order valence-corrected chi connectivity index (χ2v) is 3.03. The summed E-state index contributed by atoms with van der Waals surface area (Å²) in [6.45, 7) is 0. The summed E-state index contributed by atoms with van der Waals surface area (Å²) in [5.41, 5.74) is 11.8. The predicted octanol–water partition coefficient (Wildman–Crippen LogP) is 0.528. The van der Waals surface area contributed by atoms with Crippen molar-refractivity contribution in [2.75, 3.05) is 5.73 Å². The van der Waals surface area contributed by atoms with Crippen LogP contribution in [0.15, 0.2) is 18.2 Å². The van der Waals surface area contributed by atoms with Gasteiger partial charge < -0.3 is 16.6 Å². The number of hydrogen-bond acceptors (Lipinski definition) is 4. The Balaban J connectivity index is 2.60. The number of nitrogens with two attached hydrogens (primary N) is 2. The van der Waals surface area contributed by atoms with E-state index in [0.29, 0.717) is 17.9 Å². The molecule has 0 saturated carbocycles. The summed E-state index contributed by atoms with van der Waals surface area (Å²) in [5.74, 6) is -0.461. The molecule has 1 atom stereocenters. The molecule has 0 aliphatic rings. The van der Waals surface area contributed by atoms with Gasteiger partial charge in [0.05, 0.1) is 5.69 Å². The molecule has 5 heteroatoms. The Kier molecular flexibility index (Phi) is 3.41. The van der Waals surface area contributed by atoms with Crippen LogP contribution in [0.2, 0.25) is 0 Å². The van der Waals surface area contributed by atoms with Crippen molar-refractivity contribution in [1.29, 1.82) is 0 Å². The Morgan fingerprint density at radius 3 is 2.86 bits per heavy atom. The van der Waals surface area contributed by atoms with Gasteiger partial charge in [-0.2, -0.15) is 0 Å². The second kappa shape index (κ2) is 4.57. The van der Waals surface area contributed by atoms with Gasteiger partial charge in [0.2, 0.25) is 0 Å². The van der Waals surface area contributed by atoms with Crippen molar-refractivity contribution in [3.63, 3.8) is 0 Å².